The van der Waals surface area contributed by atoms with Gasteiger partial charge in [-0.3, -0.25) is 0 Å². The summed E-state index contributed by atoms with van der Waals surface area (Å²) in [5, 5.41) is 3.80. The summed E-state index contributed by atoms with van der Waals surface area (Å²) in [5.41, 5.74) is 3.36. The minimum absolute atomic E-state index is 0.329. The molecule has 2 heteroatoms. The van der Waals surface area contributed by atoms with Crippen LogP contribution in [0.4, 0.5) is 0 Å². The van der Waals surface area contributed by atoms with Crippen LogP contribution in [0.25, 0.3) is 0 Å². The maximum absolute atomic E-state index is 5.45. The zero-order valence-corrected chi connectivity index (χ0v) is 12.1. The summed E-state index contributed by atoms with van der Waals surface area (Å²) in [5.74, 6) is 0.771. The van der Waals surface area contributed by atoms with Gasteiger partial charge in [-0.2, -0.15) is 0 Å². The summed E-state index contributed by atoms with van der Waals surface area (Å²) in [7, 11) is 0. The van der Waals surface area contributed by atoms with E-state index in [-0.39, 0.29) is 0 Å². The third-order valence-corrected chi connectivity index (χ3v) is 4.72. The first-order chi connectivity index (χ1) is 9.17. The molecule has 0 radical (unpaired) electrons. The number of ether oxygens (including phenoxy) is 1. The summed E-state index contributed by atoms with van der Waals surface area (Å²) in [6.07, 6.45) is 3.68. The van der Waals surface area contributed by atoms with Crippen molar-refractivity contribution in [1.82, 2.24) is 5.32 Å². The number of fused-ring (bicyclic) bond motifs is 1. The summed E-state index contributed by atoms with van der Waals surface area (Å²) in [4.78, 5) is 0. The van der Waals surface area contributed by atoms with E-state index in [0.717, 1.165) is 25.7 Å². The molecule has 1 heterocycles. The van der Waals surface area contributed by atoms with Crippen molar-refractivity contribution in [2.24, 2.45) is 11.3 Å². The first-order valence-corrected chi connectivity index (χ1v) is 7.56. The summed E-state index contributed by atoms with van der Waals surface area (Å²) in [6.45, 7) is 7.79. The van der Waals surface area contributed by atoms with Crippen molar-refractivity contribution in [1.29, 1.82) is 0 Å². The molecule has 0 amide bonds. The van der Waals surface area contributed by atoms with Crippen LogP contribution in [0, 0.1) is 11.3 Å². The van der Waals surface area contributed by atoms with Gasteiger partial charge in [-0.25, -0.2) is 0 Å². The Bertz CT molecular complexity index is 435. The molecule has 1 aromatic rings. The molecular formula is C17H25NO. The molecule has 2 atom stereocenters. The molecule has 1 N–H and O–H groups in total. The zero-order chi connectivity index (χ0) is 13.3. The van der Waals surface area contributed by atoms with E-state index in [0.29, 0.717) is 11.5 Å². The van der Waals surface area contributed by atoms with Gasteiger partial charge in [0, 0.05) is 19.3 Å². The van der Waals surface area contributed by atoms with Gasteiger partial charge in [0.1, 0.15) is 0 Å². The second-order valence-electron chi connectivity index (χ2n) is 6.77. The van der Waals surface area contributed by atoms with Crippen LogP contribution in [0.5, 0.6) is 0 Å². The number of rotatable bonds is 4. The standard InChI is InChI=1S/C17H25NO/c1-17(2)11-14-5-3-4-6-15(14)16(17)18-9-7-13-8-10-19-12-13/h3-6,13,16,18H,7-12H2,1-2H3. The van der Waals surface area contributed by atoms with Gasteiger partial charge >= 0.3 is 0 Å². The predicted molar refractivity (Wildman–Crippen MR) is 78.2 cm³/mol. The second-order valence-corrected chi connectivity index (χ2v) is 6.77. The van der Waals surface area contributed by atoms with Crippen LogP contribution in [-0.4, -0.2) is 19.8 Å². The Hall–Kier alpha value is -0.860. The molecule has 0 aromatic heterocycles. The van der Waals surface area contributed by atoms with Gasteiger partial charge in [-0.15, -0.1) is 0 Å². The fraction of sp³-hybridized carbons (Fsp3) is 0.647. The molecule has 0 spiro atoms. The average Bonchev–Trinajstić information content (AvgIpc) is 2.96. The molecule has 104 valence electrons. The highest BCUT2D eigenvalue weighted by Gasteiger charge is 2.38. The quantitative estimate of drug-likeness (QED) is 0.895. The van der Waals surface area contributed by atoms with Crippen molar-refractivity contribution in [3.8, 4) is 0 Å². The number of hydrogen-bond acceptors (Lipinski definition) is 2. The maximum Gasteiger partial charge on any atom is 0.0495 e. The highest BCUT2D eigenvalue weighted by molar-refractivity contribution is 5.37. The van der Waals surface area contributed by atoms with Crippen molar-refractivity contribution in [2.45, 2.75) is 39.2 Å². The third-order valence-electron chi connectivity index (χ3n) is 4.72. The summed E-state index contributed by atoms with van der Waals surface area (Å²) in [6, 6.07) is 9.41. The number of nitrogens with one attached hydrogen (secondary N) is 1. The van der Waals surface area contributed by atoms with Crippen LogP contribution in [0.15, 0.2) is 24.3 Å². The van der Waals surface area contributed by atoms with Crippen molar-refractivity contribution >= 4 is 0 Å². The Morgan fingerprint density at radius 1 is 1.32 bits per heavy atom. The molecule has 1 aromatic carbocycles. The van der Waals surface area contributed by atoms with Crippen molar-refractivity contribution < 1.29 is 4.74 Å². The Morgan fingerprint density at radius 3 is 2.95 bits per heavy atom. The van der Waals surface area contributed by atoms with E-state index in [1.165, 1.54) is 30.4 Å². The van der Waals surface area contributed by atoms with Gasteiger partial charge in [0.15, 0.2) is 0 Å². The maximum atomic E-state index is 5.45. The summed E-state index contributed by atoms with van der Waals surface area (Å²) < 4.78 is 5.45. The Morgan fingerprint density at radius 2 is 2.16 bits per heavy atom. The van der Waals surface area contributed by atoms with Crippen molar-refractivity contribution in [2.75, 3.05) is 19.8 Å². The van der Waals surface area contributed by atoms with E-state index in [9.17, 15) is 0 Å². The lowest BCUT2D eigenvalue weighted by Gasteiger charge is -2.29. The molecule has 19 heavy (non-hydrogen) atoms. The van der Waals surface area contributed by atoms with Crippen LogP contribution >= 0.6 is 0 Å². The topological polar surface area (TPSA) is 21.3 Å². The third kappa shape index (κ3) is 2.70. The molecular weight excluding hydrogens is 234 g/mol. The molecule has 3 rings (SSSR count). The largest absolute Gasteiger partial charge is 0.381 e. The monoisotopic (exact) mass is 259 g/mol. The lowest BCUT2D eigenvalue weighted by atomic mass is 9.85. The average molecular weight is 259 g/mol. The lowest BCUT2D eigenvalue weighted by Crippen LogP contribution is -2.32. The SMILES string of the molecule is CC1(C)Cc2ccccc2C1NCCC1CCOC1. The van der Waals surface area contributed by atoms with Crippen LogP contribution in [-0.2, 0) is 11.2 Å². The molecule has 1 saturated heterocycles. The van der Waals surface area contributed by atoms with Crippen LogP contribution < -0.4 is 5.32 Å². The molecule has 2 nitrogen and oxygen atoms in total. The fourth-order valence-corrected chi connectivity index (χ4v) is 3.62. The molecule has 0 saturated carbocycles. The predicted octanol–water partition coefficient (Wildman–Crippen LogP) is 3.33. The van der Waals surface area contributed by atoms with E-state index >= 15 is 0 Å². The highest BCUT2D eigenvalue weighted by atomic mass is 16.5. The molecule has 2 unspecified atom stereocenters. The second kappa shape index (κ2) is 5.26. The van der Waals surface area contributed by atoms with Crippen LogP contribution in [0.1, 0.15) is 43.9 Å². The molecule has 1 aliphatic heterocycles. The Kier molecular flexibility index (Phi) is 3.64. The first kappa shape index (κ1) is 13.1. The van der Waals surface area contributed by atoms with Crippen LogP contribution in [0.3, 0.4) is 0 Å². The first-order valence-electron chi connectivity index (χ1n) is 7.56. The molecule has 0 bridgehead atoms. The highest BCUT2D eigenvalue weighted by Crippen LogP contribution is 2.44. The summed E-state index contributed by atoms with van der Waals surface area (Å²) >= 11 is 0. The van der Waals surface area contributed by atoms with Gasteiger partial charge in [-0.1, -0.05) is 38.1 Å². The van der Waals surface area contributed by atoms with Crippen molar-refractivity contribution in [3.05, 3.63) is 35.4 Å². The van der Waals surface area contributed by atoms with E-state index in [1.54, 1.807) is 0 Å². The smallest absolute Gasteiger partial charge is 0.0495 e. The minimum atomic E-state index is 0.329. The van der Waals surface area contributed by atoms with Crippen molar-refractivity contribution in [3.63, 3.8) is 0 Å². The molecule has 2 aliphatic rings. The van der Waals surface area contributed by atoms with E-state index in [1.807, 2.05) is 0 Å². The van der Waals surface area contributed by atoms with Gasteiger partial charge in [0.25, 0.3) is 0 Å². The Labute approximate surface area is 116 Å². The van der Waals surface area contributed by atoms with Crippen LogP contribution in [0.2, 0.25) is 0 Å². The van der Waals surface area contributed by atoms with Gasteiger partial charge in [0.2, 0.25) is 0 Å². The zero-order valence-electron chi connectivity index (χ0n) is 12.1. The fourth-order valence-electron chi connectivity index (χ4n) is 3.62. The van der Waals surface area contributed by atoms with Gasteiger partial charge in [-0.05, 0) is 48.3 Å². The Balaban J connectivity index is 1.62. The minimum Gasteiger partial charge on any atom is -0.381 e. The number of hydrogen-bond donors (Lipinski definition) is 1. The van der Waals surface area contributed by atoms with E-state index in [4.69, 9.17) is 4.74 Å². The lowest BCUT2D eigenvalue weighted by molar-refractivity contribution is 0.183. The molecule has 1 fully saturated rings. The molecule has 1 aliphatic carbocycles. The van der Waals surface area contributed by atoms with Gasteiger partial charge in [0.05, 0.1) is 0 Å². The number of benzene rings is 1. The van der Waals surface area contributed by atoms with E-state index < -0.39 is 0 Å². The van der Waals surface area contributed by atoms with Gasteiger partial charge < -0.3 is 10.1 Å². The normalized spacial score (nSPS) is 28.5. The van der Waals surface area contributed by atoms with E-state index in [2.05, 4.69) is 43.4 Å².